The molecule has 2 aliphatic rings. The maximum atomic E-state index is 14.5. The van der Waals surface area contributed by atoms with Crippen LogP contribution in [-0.2, 0) is 0 Å². The van der Waals surface area contributed by atoms with Gasteiger partial charge in [-0.2, -0.15) is 5.26 Å². The first-order chi connectivity index (χ1) is 26.5. The third kappa shape index (κ3) is 8.33. The molecule has 6 aromatic rings. The summed E-state index contributed by atoms with van der Waals surface area (Å²) in [5, 5.41) is 19.6. The average Bonchev–Trinajstić information content (AvgIpc) is 3.74. The van der Waals surface area contributed by atoms with Crippen molar-refractivity contribution in [2.75, 3.05) is 36.0 Å². The van der Waals surface area contributed by atoms with Gasteiger partial charge in [-0.15, -0.1) is 22.7 Å². The highest BCUT2D eigenvalue weighted by Crippen LogP contribution is 2.38. The second-order valence-electron chi connectivity index (χ2n) is 13.2. The Bertz CT molecular complexity index is 2440. The molecule has 0 aliphatic carbocycles. The molecule has 8 rings (SSSR count). The van der Waals surface area contributed by atoms with Crippen LogP contribution in [0.5, 0.6) is 0 Å². The van der Waals surface area contributed by atoms with E-state index in [-0.39, 0.29) is 37.7 Å². The molecule has 4 aromatic heterocycles. The molecule has 0 unspecified atom stereocenters. The highest BCUT2D eigenvalue weighted by atomic mass is 35.5. The summed E-state index contributed by atoms with van der Waals surface area (Å²) in [7, 11) is 0. The summed E-state index contributed by atoms with van der Waals surface area (Å²) in [5.41, 5.74) is 0.990. The molecule has 0 saturated carbocycles. The Balaban J connectivity index is 0.000000169. The van der Waals surface area contributed by atoms with Crippen molar-refractivity contribution in [1.82, 2.24) is 19.9 Å². The lowest BCUT2D eigenvalue weighted by molar-refractivity contribution is 0.0702. The molecule has 2 fully saturated rings. The number of benzene rings is 2. The summed E-state index contributed by atoms with van der Waals surface area (Å²) in [4.78, 5) is 33.6. The topological polar surface area (TPSA) is 119 Å². The van der Waals surface area contributed by atoms with Crippen molar-refractivity contribution in [3.8, 4) is 28.8 Å². The van der Waals surface area contributed by atoms with E-state index in [0.717, 1.165) is 111 Å². The van der Waals surface area contributed by atoms with Crippen LogP contribution in [0.25, 0.3) is 43.2 Å². The van der Waals surface area contributed by atoms with Crippen molar-refractivity contribution in [3.63, 3.8) is 0 Å². The Morgan fingerprint density at radius 1 is 0.764 bits per heavy atom. The zero-order valence-corrected chi connectivity index (χ0v) is 32.1. The maximum Gasteiger partial charge on any atom is 0.345 e. The number of aromatic carboxylic acids is 1. The van der Waals surface area contributed by atoms with E-state index in [1.165, 1.54) is 17.4 Å². The third-order valence-electron chi connectivity index (χ3n) is 9.55. The molecule has 2 aliphatic heterocycles. The lowest BCUT2D eigenvalue weighted by Gasteiger charge is -2.32. The van der Waals surface area contributed by atoms with Crippen molar-refractivity contribution >= 4 is 83.9 Å². The fourth-order valence-electron chi connectivity index (χ4n) is 6.69. The number of aromatic nitrogens is 4. The number of hydrogen-bond acceptors (Lipinski definition) is 10. The number of halogens is 6. The number of fused-ring (bicyclic) bond motifs is 2. The van der Waals surface area contributed by atoms with E-state index in [0.29, 0.717) is 33.9 Å². The van der Waals surface area contributed by atoms with Crippen LogP contribution in [-0.4, -0.2) is 57.2 Å². The van der Waals surface area contributed by atoms with Crippen LogP contribution in [0.4, 0.5) is 29.2 Å². The van der Waals surface area contributed by atoms with E-state index >= 15 is 0 Å². The van der Waals surface area contributed by atoms with Crippen molar-refractivity contribution in [3.05, 3.63) is 80.0 Å². The fraction of sp³-hybridized carbons (Fsp3) is 0.316. The van der Waals surface area contributed by atoms with Crippen molar-refractivity contribution < 1.29 is 27.5 Å². The van der Waals surface area contributed by atoms with Gasteiger partial charge in [-0.1, -0.05) is 36.0 Å². The SMILES string of the molecule is N#CCC1CCN(c2nc(-c3cc(F)c(Cl)cc3F)nc3ccsc23)CC1.O=C(O)c1cc2nc(-c3cc(F)c(Cl)cc3F)nc(N3CCCCCC3)c2s1. The van der Waals surface area contributed by atoms with Crippen LogP contribution in [0.1, 0.15) is 54.6 Å². The van der Waals surface area contributed by atoms with Crippen molar-refractivity contribution in [1.29, 1.82) is 5.26 Å². The maximum absolute atomic E-state index is 14.5. The number of carbonyl (C=O) groups is 1. The highest BCUT2D eigenvalue weighted by Gasteiger charge is 2.25. The lowest BCUT2D eigenvalue weighted by atomic mass is 9.94. The second kappa shape index (κ2) is 16.6. The predicted molar refractivity (Wildman–Crippen MR) is 208 cm³/mol. The van der Waals surface area contributed by atoms with Gasteiger partial charge in [-0.3, -0.25) is 0 Å². The average molecular weight is 829 g/mol. The van der Waals surface area contributed by atoms with E-state index in [1.807, 2.05) is 11.4 Å². The van der Waals surface area contributed by atoms with Gasteiger partial charge in [0.15, 0.2) is 23.3 Å². The first kappa shape index (κ1) is 38.6. The van der Waals surface area contributed by atoms with E-state index in [2.05, 4.69) is 35.8 Å². The van der Waals surface area contributed by atoms with Crippen molar-refractivity contribution in [2.45, 2.75) is 44.9 Å². The standard InChI is InChI=1S/C19H15ClF2N4S.C19H16ClF2N3O2S/c20-13-10-14(21)12(9-15(13)22)18-24-16-4-8-27-17(16)19(25-18)26-6-2-11(1-5-23)3-7-26;20-11-8-12(21)10(7-13(11)22)17-23-14-9-15(19(26)27)28-16(14)18(24-17)25-5-3-1-2-4-6-25/h4,8-11H,1-3,6-7H2;7-9H,1-6H2,(H,26,27). The molecule has 1 N–H and O–H groups in total. The molecule has 55 heavy (non-hydrogen) atoms. The summed E-state index contributed by atoms with van der Waals surface area (Å²) in [5.74, 6) is -2.09. The molecule has 0 bridgehead atoms. The van der Waals surface area contributed by atoms with Gasteiger partial charge in [-0.25, -0.2) is 42.3 Å². The summed E-state index contributed by atoms with van der Waals surface area (Å²) >= 11 is 13.9. The Hall–Kier alpha value is -4.62. The number of piperidine rings is 1. The minimum absolute atomic E-state index is 0.00869. The number of carboxylic acid groups (broad SMARTS) is 1. The molecule has 2 saturated heterocycles. The van der Waals surface area contributed by atoms with Gasteiger partial charge in [0.1, 0.15) is 28.1 Å². The van der Waals surface area contributed by atoms with E-state index < -0.39 is 29.2 Å². The van der Waals surface area contributed by atoms with Gasteiger partial charge in [-0.05, 0) is 73.4 Å². The second-order valence-corrected chi connectivity index (χ2v) is 16.0. The van der Waals surface area contributed by atoms with Crippen LogP contribution in [0, 0.1) is 40.5 Å². The number of nitriles is 1. The molecule has 9 nitrogen and oxygen atoms in total. The van der Waals surface area contributed by atoms with Gasteiger partial charge in [0.05, 0.1) is 47.7 Å². The number of anilines is 2. The normalized spacial score (nSPS) is 15.1. The number of carboxylic acids is 1. The molecule has 284 valence electrons. The summed E-state index contributed by atoms with van der Waals surface area (Å²) in [6, 6.07) is 9.37. The van der Waals surface area contributed by atoms with Crippen LogP contribution >= 0.6 is 45.9 Å². The first-order valence-corrected chi connectivity index (χ1v) is 19.9. The summed E-state index contributed by atoms with van der Waals surface area (Å²) in [6.07, 6.45) is 6.57. The summed E-state index contributed by atoms with van der Waals surface area (Å²) < 4.78 is 58.2. The zero-order valence-electron chi connectivity index (χ0n) is 29.0. The lowest BCUT2D eigenvalue weighted by Crippen LogP contribution is -2.34. The van der Waals surface area contributed by atoms with Gasteiger partial charge < -0.3 is 14.9 Å². The molecule has 17 heteroatoms. The third-order valence-corrected chi connectivity index (χ3v) is 12.1. The Morgan fingerprint density at radius 3 is 1.87 bits per heavy atom. The predicted octanol–water partition coefficient (Wildman–Crippen LogP) is 10.8. The molecule has 2 aromatic carbocycles. The quantitative estimate of drug-likeness (QED) is 0.129. The Morgan fingerprint density at radius 2 is 1.31 bits per heavy atom. The van der Waals surface area contributed by atoms with Crippen LogP contribution in [0.2, 0.25) is 10.0 Å². The Labute approximate surface area is 330 Å². The highest BCUT2D eigenvalue weighted by molar-refractivity contribution is 7.21. The molecular formula is C38H31Cl2F4N7O2S2. The van der Waals surface area contributed by atoms with Crippen LogP contribution in [0.15, 0.2) is 41.8 Å². The Kier molecular flexibility index (Phi) is 11.7. The van der Waals surface area contributed by atoms with Gasteiger partial charge in [0.2, 0.25) is 0 Å². The summed E-state index contributed by atoms with van der Waals surface area (Å²) in [6.45, 7) is 3.08. The number of thiophene rings is 2. The minimum atomic E-state index is -1.06. The minimum Gasteiger partial charge on any atom is -0.477 e. The molecule has 6 heterocycles. The molecule has 0 radical (unpaired) electrons. The molecular weight excluding hydrogens is 797 g/mol. The monoisotopic (exact) mass is 827 g/mol. The van der Waals surface area contributed by atoms with Gasteiger partial charge in [0.25, 0.3) is 0 Å². The van der Waals surface area contributed by atoms with E-state index in [9.17, 15) is 27.5 Å². The number of hydrogen-bond donors (Lipinski definition) is 1. The van der Waals surface area contributed by atoms with Gasteiger partial charge in [0, 0.05) is 32.6 Å². The molecule has 0 spiro atoms. The van der Waals surface area contributed by atoms with Crippen molar-refractivity contribution in [2.24, 2.45) is 5.92 Å². The number of rotatable bonds is 6. The van der Waals surface area contributed by atoms with Crippen LogP contribution < -0.4 is 9.80 Å². The van der Waals surface area contributed by atoms with Gasteiger partial charge >= 0.3 is 5.97 Å². The molecule has 0 atom stereocenters. The zero-order chi connectivity index (χ0) is 38.8. The molecule has 0 amide bonds. The number of nitrogens with zero attached hydrogens (tertiary/aromatic N) is 7. The smallest absolute Gasteiger partial charge is 0.345 e. The first-order valence-electron chi connectivity index (χ1n) is 17.5. The van der Waals surface area contributed by atoms with E-state index in [4.69, 9.17) is 28.5 Å². The van der Waals surface area contributed by atoms with Crippen LogP contribution in [0.3, 0.4) is 0 Å². The van der Waals surface area contributed by atoms with E-state index in [1.54, 1.807) is 0 Å². The largest absolute Gasteiger partial charge is 0.477 e. The fourth-order valence-corrected chi connectivity index (χ4v) is 8.79.